The van der Waals surface area contributed by atoms with E-state index in [1.54, 1.807) is 0 Å². The monoisotopic (exact) mass is 157 g/mol. The lowest BCUT2D eigenvalue weighted by Crippen LogP contribution is -2.56. The number of hydrogen-bond acceptors (Lipinski definition) is 2. The van der Waals surface area contributed by atoms with Crippen molar-refractivity contribution in [1.29, 1.82) is 0 Å². The average molecular weight is 157 g/mol. The minimum Gasteiger partial charge on any atom is -0.390 e. The molecule has 0 amide bonds. The zero-order valence-electron chi connectivity index (χ0n) is 7.72. The Bertz CT molecular complexity index is 144. The molecular weight excluding hydrogens is 138 g/mol. The highest BCUT2D eigenvalue weighted by Crippen LogP contribution is 2.52. The summed E-state index contributed by atoms with van der Waals surface area (Å²) in [4.78, 5) is 0. The molecule has 0 saturated heterocycles. The van der Waals surface area contributed by atoms with E-state index in [0.29, 0.717) is 12.5 Å². The lowest BCUT2D eigenvalue weighted by atomic mass is 9.55. The molecule has 1 saturated carbocycles. The summed E-state index contributed by atoms with van der Waals surface area (Å²) >= 11 is 0. The Morgan fingerprint density at radius 3 is 2.00 bits per heavy atom. The van der Waals surface area contributed by atoms with Crippen LogP contribution >= 0.6 is 0 Å². The average Bonchev–Trinajstić information content (AvgIpc) is 1.81. The third-order valence-electron chi connectivity index (χ3n) is 3.10. The van der Waals surface area contributed by atoms with Gasteiger partial charge in [-0.15, -0.1) is 0 Å². The Balaban J connectivity index is 2.57. The Hall–Kier alpha value is -0.0800. The van der Waals surface area contributed by atoms with Crippen molar-refractivity contribution >= 4 is 0 Å². The van der Waals surface area contributed by atoms with Crippen LogP contribution in [0.3, 0.4) is 0 Å². The first kappa shape index (κ1) is 9.01. The summed E-state index contributed by atoms with van der Waals surface area (Å²) < 4.78 is 0. The number of rotatable bonds is 2. The second kappa shape index (κ2) is 2.46. The van der Waals surface area contributed by atoms with Crippen LogP contribution in [0.1, 0.15) is 33.6 Å². The van der Waals surface area contributed by atoms with Crippen LogP contribution in [-0.2, 0) is 0 Å². The molecule has 0 atom stereocenters. The molecule has 66 valence electrons. The molecule has 0 aliphatic heterocycles. The summed E-state index contributed by atoms with van der Waals surface area (Å²) in [6.07, 6.45) is 1.74. The maximum absolute atomic E-state index is 9.57. The van der Waals surface area contributed by atoms with Crippen LogP contribution in [0.25, 0.3) is 0 Å². The van der Waals surface area contributed by atoms with Gasteiger partial charge in [0.2, 0.25) is 0 Å². The Kier molecular flexibility index (Phi) is 2.01. The van der Waals surface area contributed by atoms with Crippen molar-refractivity contribution in [3.63, 3.8) is 0 Å². The van der Waals surface area contributed by atoms with Gasteiger partial charge in [0.05, 0.1) is 5.60 Å². The second-order valence-corrected chi connectivity index (χ2v) is 4.57. The molecule has 0 spiro atoms. The highest BCUT2D eigenvalue weighted by molar-refractivity contribution is 5.03. The highest BCUT2D eigenvalue weighted by atomic mass is 16.3. The molecular formula is C9H19NO. The van der Waals surface area contributed by atoms with Crippen molar-refractivity contribution in [3.8, 4) is 0 Å². The van der Waals surface area contributed by atoms with Crippen LogP contribution < -0.4 is 5.73 Å². The first-order chi connectivity index (χ1) is 4.92. The lowest BCUT2D eigenvalue weighted by molar-refractivity contribution is -0.131. The first-order valence-corrected chi connectivity index (χ1v) is 4.34. The molecule has 1 aliphatic rings. The van der Waals surface area contributed by atoms with E-state index in [0.717, 1.165) is 12.8 Å². The molecule has 11 heavy (non-hydrogen) atoms. The number of aliphatic hydroxyl groups is 1. The zero-order valence-corrected chi connectivity index (χ0v) is 7.72. The summed E-state index contributed by atoms with van der Waals surface area (Å²) in [5.74, 6) is 0.590. The molecule has 0 aromatic carbocycles. The summed E-state index contributed by atoms with van der Waals surface area (Å²) in [7, 11) is 0. The van der Waals surface area contributed by atoms with Crippen LogP contribution in [0.15, 0.2) is 0 Å². The molecule has 1 aliphatic carbocycles. The van der Waals surface area contributed by atoms with E-state index in [4.69, 9.17) is 5.73 Å². The largest absolute Gasteiger partial charge is 0.390 e. The maximum Gasteiger partial charge on any atom is 0.0631 e. The van der Waals surface area contributed by atoms with Crippen LogP contribution in [0, 0.1) is 11.3 Å². The fraction of sp³-hybridized carbons (Fsp3) is 1.00. The Morgan fingerprint density at radius 2 is 1.91 bits per heavy atom. The highest BCUT2D eigenvalue weighted by Gasteiger charge is 2.51. The van der Waals surface area contributed by atoms with E-state index in [1.165, 1.54) is 0 Å². The van der Waals surface area contributed by atoms with E-state index < -0.39 is 5.60 Å². The molecule has 2 heteroatoms. The predicted octanol–water partition coefficient (Wildman–Crippen LogP) is 1.13. The fourth-order valence-corrected chi connectivity index (χ4v) is 2.25. The number of nitrogens with two attached hydrogens (primary N) is 1. The molecule has 0 unspecified atom stereocenters. The van der Waals surface area contributed by atoms with E-state index in [9.17, 15) is 5.11 Å². The quantitative estimate of drug-likeness (QED) is 0.631. The van der Waals surface area contributed by atoms with Crippen LogP contribution in [0.5, 0.6) is 0 Å². The SMILES string of the molecule is CC(C)C1(CN)CC(C)(O)C1. The summed E-state index contributed by atoms with van der Waals surface area (Å²) in [5, 5.41) is 9.57. The van der Waals surface area contributed by atoms with Gasteiger partial charge in [-0.2, -0.15) is 0 Å². The normalized spacial score (nSPS) is 44.2. The first-order valence-electron chi connectivity index (χ1n) is 4.34. The topological polar surface area (TPSA) is 46.2 Å². The van der Waals surface area contributed by atoms with Gasteiger partial charge in [-0.1, -0.05) is 13.8 Å². The van der Waals surface area contributed by atoms with Gasteiger partial charge in [0.1, 0.15) is 0 Å². The molecule has 0 aromatic heterocycles. The van der Waals surface area contributed by atoms with Crippen molar-refractivity contribution in [3.05, 3.63) is 0 Å². The van der Waals surface area contributed by atoms with Crippen molar-refractivity contribution in [2.75, 3.05) is 6.54 Å². The predicted molar refractivity (Wildman–Crippen MR) is 46.2 cm³/mol. The van der Waals surface area contributed by atoms with E-state index >= 15 is 0 Å². The molecule has 0 bridgehead atoms. The van der Waals surface area contributed by atoms with E-state index in [1.807, 2.05) is 6.92 Å². The summed E-state index contributed by atoms with van der Waals surface area (Å²) in [6.45, 7) is 6.97. The molecule has 0 heterocycles. The molecule has 0 radical (unpaired) electrons. The van der Waals surface area contributed by atoms with Crippen LogP contribution in [0.2, 0.25) is 0 Å². The minimum absolute atomic E-state index is 0.226. The van der Waals surface area contributed by atoms with E-state index in [-0.39, 0.29) is 5.41 Å². The molecule has 1 rings (SSSR count). The summed E-state index contributed by atoms with van der Waals surface area (Å²) in [6, 6.07) is 0. The maximum atomic E-state index is 9.57. The number of hydrogen-bond donors (Lipinski definition) is 2. The van der Waals surface area contributed by atoms with Gasteiger partial charge in [-0.3, -0.25) is 0 Å². The molecule has 3 N–H and O–H groups in total. The van der Waals surface area contributed by atoms with E-state index in [2.05, 4.69) is 13.8 Å². The summed E-state index contributed by atoms with van der Waals surface area (Å²) in [5.41, 5.74) is 5.46. The van der Waals surface area contributed by atoms with Crippen molar-refractivity contribution < 1.29 is 5.11 Å². The smallest absolute Gasteiger partial charge is 0.0631 e. The molecule has 0 aromatic rings. The van der Waals surface area contributed by atoms with Gasteiger partial charge in [-0.25, -0.2) is 0 Å². The van der Waals surface area contributed by atoms with Crippen LogP contribution in [-0.4, -0.2) is 17.3 Å². The van der Waals surface area contributed by atoms with Gasteiger partial charge in [0.15, 0.2) is 0 Å². The lowest BCUT2D eigenvalue weighted by Gasteiger charge is -2.54. The van der Waals surface area contributed by atoms with Gasteiger partial charge in [0.25, 0.3) is 0 Å². The Labute approximate surface area is 68.8 Å². The Morgan fingerprint density at radius 1 is 1.45 bits per heavy atom. The second-order valence-electron chi connectivity index (χ2n) is 4.57. The zero-order chi connectivity index (χ0) is 8.70. The van der Waals surface area contributed by atoms with Crippen molar-refractivity contribution in [2.24, 2.45) is 17.1 Å². The third-order valence-corrected chi connectivity index (χ3v) is 3.10. The van der Waals surface area contributed by atoms with Crippen molar-refractivity contribution in [2.45, 2.75) is 39.2 Å². The van der Waals surface area contributed by atoms with Gasteiger partial charge >= 0.3 is 0 Å². The van der Waals surface area contributed by atoms with Gasteiger partial charge < -0.3 is 10.8 Å². The molecule has 2 nitrogen and oxygen atoms in total. The van der Waals surface area contributed by atoms with Gasteiger partial charge in [0, 0.05) is 0 Å². The van der Waals surface area contributed by atoms with Crippen LogP contribution in [0.4, 0.5) is 0 Å². The van der Waals surface area contributed by atoms with Crippen molar-refractivity contribution in [1.82, 2.24) is 0 Å². The van der Waals surface area contributed by atoms with Gasteiger partial charge in [-0.05, 0) is 37.6 Å². The minimum atomic E-state index is -0.441. The molecule has 1 fully saturated rings. The third kappa shape index (κ3) is 1.42. The fourth-order valence-electron chi connectivity index (χ4n) is 2.25. The standard InChI is InChI=1S/C9H19NO/c1-7(2)9(6-10)4-8(3,11)5-9/h7,11H,4-6,10H2,1-3H3.